The first-order chi connectivity index (χ1) is 21.7. The molecule has 3 N–H and O–H groups in total. The SMILES string of the molecule is Cc1noc(C2CCN(c3ccc(C4(C(=O)NS(=O)(=O)CC(C)(C)C(=O)O)CC4)cc3)CC2)c1NC(=O)O[C@H](C)c1ccccc1. The number of sulfonamides is 1. The van der Waals surface area contributed by atoms with E-state index in [1.54, 1.807) is 6.92 Å². The molecule has 3 aromatic rings. The van der Waals surface area contributed by atoms with E-state index >= 15 is 0 Å². The van der Waals surface area contributed by atoms with Gasteiger partial charge in [0.25, 0.3) is 0 Å². The lowest BCUT2D eigenvalue weighted by molar-refractivity contribution is -0.145. The second-order valence-corrected chi connectivity index (χ2v) is 14.6. The molecule has 0 spiro atoms. The highest BCUT2D eigenvalue weighted by molar-refractivity contribution is 7.90. The molecular formula is C33H40N4O8S. The molecule has 2 fully saturated rings. The molecule has 2 heterocycles. The van der Waals surface area contributed by atoms with Gasteiger partial charge in [-0.3, -0.25) is 19.6 Å². The Balaban J connectivity index is 1.17. The predicted octanol–water partition coefficient (Wildman–Crippen LogP) is 5.27. The third kappa shape index (κ3) is 7.19. The maximum Gasteiger partial charge on any atom is 0.412 e. The summed E-state index contributed by atoms with van der Waals surface area (Å²) in [4.78, 5) is 39.4. The average molecular weight is 653 g/mol. The first-order valence-corrected chi connectivity index (χ1v) is 17.0. The Morgan fingerprint density at radius 1 is 1.09 bits per heavy atom. The Morgan fingerprint density at radius 3 is 2.30 bits per heavy atom. The van der Waals surface area contributed by atoms with Crippen LogP contribution in [0.5, 0.6) is 0 Å². The summed E-state index contributed by atoms with van der Waals surface area (Å²) in [7, 11) is -4.14. The molecule has 5 rings (SSSR count). The molecule has 12 nitrogen and oxygen atoms in total. The minimum absolute atomic E-state index is 0.0463. The van der Waals surface area contributed by atoms with Crippen LogP contribution in [0.4, 0.5) is 16.2 Å². The van der Waals surface area contributed by atoms with Crippen molar-refractivity contribution in [2.75, 3.05) is 29.1 Å². The molecule has 1 saturated heterocycles. The van der Waals surface area contributed by atoms with Gasteiger partial charge in [0.1, 0.15) is 17.5 Å². The Morgan fingerprint density at radius 2 is 1.72 bits per heavy atom. The zero-order valence-corrected chi connectivity index (χ0v) is 27.2. The summed E-state index contributed by atoms with van der Waals surface area (Å²) in [5, 5.41) is 16.2. The van der Waals surface area contributed by atoms with Crippen molar-refractivity contribution < 1.29 is 37.2 Å². The molecule has 0 bridgehead atoms. The smallest absolute Gasteiger partial charge is 0.412 e. The third-order valence-electron chi connectivity index (χ3n) is 8.88. The molecule has 0 radical (unpaired) electrons. The molecular weight excluding hydrogens is 612 g/mol. The molecule has 1 aromatic heterocycles. The lowest BCUT2D eigenvalue weighted by atomic mass is 9.92. The number of carbonyl (C=O) groups excluding carboxylic acids is 2. The topological polar surface area (TPSA) is 168 Å². The molecule has 0 unspecified atom stereocenters. The van der Waals surface area contributed by atoms with Crippen LogP contribution in [-0.2, 0) is 29.8 Å². The molecule has 13 heteroatoms. The monoisotopic (exact) mass is 652 g/mol. The fourth-order valence-corrected chi connectivity index (χ4v) is 7.50. The number of carboxylic acid groups (broad SMARTS) is 1. The van der Waals surface area contributed by atoms with Gasteiger partial charge in [0.2, 0.25) is 15.9 Å². The van der Waals surface area contributed by atoms with Gasteiger partial charge in [-0.1, -0.05) is 47.6 Å². The maximum atomic E-state index is 13.1. The van der Waals surface area contributed by atoms with Crippen molar-refractivity contribution in [1.82, 2.24) is 9.88 Å². The van der Waals surface area contributed by atoms with Crippen molar-refractivity contribution >= 4 is 39.4 Å². The minimum atomic E-state index is -4.14. The van der Waals surface area contributed by atoms with Gasteiger partial charge in [0, 0.05) is 24.7 Å². The van der Waals surface area contributed by atoms with Crippen LogP contribution in [-0.4, -0.2) is 55.5 Å². The van der Waals surface area contributed by atoms with Crippen molar-refractivity contribution in [2.24, 2.45) is 5.41 Å². The van der Waals surface area contributed by atoms with Crippen LogP contribution in [0.25, 0.3) is 0 Å². The summed E-state index contributed by atoms with van der Waals surface area (Å²) < 4.78 is 38.5. The van der Waals surface area contributed by atoms with E-state index < -0.39 is 50.7 Å². The predicted molar refractivity (Wildman–Crippen MR) is 171 cm³/mol. The number of nitrogens with zero attached hydrogens (tertiary/aromatic N) is 2. The van der Waals surface area contributed by atoms with Crippen LogP contribution >= 0.6 is 0 Å². The number of ether oxygens (including phenoxy) is 1. The van der Waals surface area contributed by atoms with E-state index in [1.807, 2.05) is 61.5 Å². The third-order valence-corrected chi connectivity index (χ3v) is 10.5. The molecule has 46 heavy (non-hydrogen) atoms. The Bertz CT molecular complexity index is 1690. The number of rotatable bonds is 11. The van der Waals surface area contributed by atoms with Gasteiger partial charge < -0.3 is 19.3 Å². The fourth-order valence-electron chi connectivity index (χ4n) is 5.88. The van der Waals surface area contributed by atoms with Crippen LogP contribution in [0.1, 0.15) is 81.1 Å². The summed E-state index contributed by atoms with van der Waals surface area (Å²) in [6.07, 6.45) is 1.54. The van der Waals surface area contributed by atoms with E-state index in [0.29, 0.717) is 30.0 Å². The van der Waals surface area contributed by atoms with Gasteiger partial charge in [-0.25, -0.2) is 13.2 Å². The van der Waals surface area contributed by atoms with Crippen molar-refractivity contribution in [3.8, 4) is 0 Å². The Labute approximate surface area is 268 Å². The number of benzene rings is 2. The van der Waals surface area contributed by atoms with E-state index in [9.17, 15) is 27.9 Å². The Kier molecular flexibility index (Phi) is 9.16. The number of hydrogen-bond donors (Lipinski definition) is 3. The molecule has 1 aliphatic heterocycles. The van der Waals surface area contributed by atoms with Crippen molar-refractivity contribution in [3.05, 3.63) is 77.2 Å². The number of aliphatic carboxylic acids is 1. The number of amides is 2. The van der Waals surface area contributed by atoms with Gasteiger partial charge in [-0.15, -0.1) is 0 Å². The van der Waals surface area contributed by atoms with Crippen LogP contribution in [0.2, 0.25) is 0 Å². The van der Waals surface area contributed by atoms with Crippen molar-refractivity contribution in [2.45, 2.75) is 70.8 Å². The van der Waals surface area contributed by atoms with Crippen molar-refractivity contribution in [1.29, 1.82) is 0 Å². The van der Waals surface area contributed by atoms with Crippen LogP contribution in [0, 0.1) is 12.3 Å². The molecule has 1 saturated carbocycles. The minimum Gasteiger partial charge on any atom is -0.481 e. The maximum absolute atomic E-state index is 13.1. The number of carboxylic acids is 1. The lowest BCUT2D eigenvalue weighted by Gasteiger charge is -2.33. The second kappa shape index (κ2) is 12.8. The second-order valence-electron chi connectivity index (χ2n) is 12.9. The number of aromatic nitrogens is 1. The number of nitrogens with one attached hydrogen (secondary N) is 2. The highest BCUT2D eigenvalue weighted by Crippen LogP contribution is 2.49. The number of aryl methyl sites for hydroxylation is 1. The number of piperidine rings is 1. The molecule has 2 amide bonds. The summed E-state index contributed by atoms with van der Waals surface area (Å²) in [5.41, 5.74) is 1.22. The molecule has 1 atom stereocenters. The molecule has 2 aliphatic rings. The van der Waals surface area contributed by atoms with E-state index in [4.69, 9.17) is 9.26 Å². The number of hydrogen-bond acceptors (Lipinski definition) is 9. The van der Waals surface area contributed by atoms with Gasteiger partial charge in [-0.05, 0) is 76.6 Å². The fraction of sp³-hybridized carbons (Fsp3) is 0.455. The van der Waals surface area contributed by atoms with Gasteiger partial charge in [-0.2, -0.15) is 0 Å². The summed E-state index contributed by atoms with van der Waals surface area (Å²) >= 11 is 0. The van der Waals surface area contributed by atoms with Gasteiger partial charge in [0.05, 0.1) is 16.6 Å². The van der Waals surface area contributed by atoms with E-state index in [2.05, 4.69) is 20.1 Å². The van der Waals surface area contributed by atoms with E-state index in [0.717, 1.165) is 42.7 Å². The summed E-state index contributed by atoms with van der Waals surface area (Å²) in [6.45, 7) is 7.65. The number of anilines is 2. The first-order valence-electron chi connectivity index (χ1n) is 15.3. The zero-order chi connectivity index (χ0) is 33.3. The molecule has 2 aromatic carbocycles. The summed E-state index contributed by atoms with van der Waals surface area (Å²) in [6, 6.07) is 17.1. The standard InChI is InChI=1S/C33H40N4O8S/c1-21-27(34-31(41)44-22(2)23-8-6-5-7-9-23)28(45-35-21)24-14-18-37(19-15-24)26-12-10-25(11-13-26)33(16-17-33)29(38)36-46(42,43)20-32(3,4)30(39)40/h5-13,22,24H,14-20H2,1-4H3,(H,34,41)(H,36,38)(H,39,40)/t22-/m1/s1. The van der Waals surface area contributed by atoms with E-state index in [-0.39, 0.29) is 5.92 Å². The van der Waals surface area contributed by atoms with Gasteiger partial charge in [0.15, 0.2) is 5.76 Å². The van der Waals surface area contributed by atoms with Gasteiger partial charge >= 0.3 is 12.1 Å². The normalized spacial score (nSPS) is 17.2. The van der Waals surface area contributed by atoms with Crippen LogP contribution < -0.4 is 14.9 Å². The van der Waals surface area contributed by atoms with Crippen LogP contribution in [0.15, 0.2) is 59.1 Å². The summed E-state index contributed by atoms with van der Waals surface area (Å²) in [5.74, 6) is -1.92. The highest BCUT2D eigenvalue weighted by atomic mass is 32.2. The molecule has 246 valence electrons. The highest BCUT2D eigenvalue weighted by Gasteiger charge is 2.52. The first kappa shape index (κ1) is 33.0. The molecule has 1 aliphatic carbocycles. The van der Waals surface area contributed by atoms with Crippen LogP contribution in [0.3, 0.4) is 0 Å². The largest absolute Gasteiger partial charge is 0.481 e. The van der Waals surface area contributed by atoms with Crippen molar-refractivity contribution in [3.63, 3.8) is 0 Å². The van der Waals surface area contributed by atoms with E-state index in [1.165, 1.54) is 13.8 Å². The average Bonchev–Trinajstić information content (AvgIpc) is 3.75. The number of carbonyl (C=O) groups is 3. The lowest BCUT2D eigenvalue weighted by Crippen LogP contribution is -2.44. The quantitative estimate of drug-likeness (QED) is 0.248. The zero-order valence-electron chi connectivity index (χ0n) is 26.4. The Hall–Kier alpha value is -4.39.